The number of methoxy groups -OCH3 is 1. The summed E-state index contributed by atoms with van der Waals surface area (Å²) in [6.07, 6.45) is 2.75. The van der Waals surface area contributed by atoms with Crippen LogP contribution in [0.4, 0.5) is 4.39 Å². The molecule has 0 spiro atoms. The van der Waals surface area contributed by atoms with Crippen molar-refractivity contribution in [3.8, 4) is 0 Å². The quantitative estimate of drug-likeness (QED) is 0.732. The molecule has 1 aromatic rings. The molecule has 4 nitrogen and oxygen atoms in total. The third-order valence-electron chi connectivity index (χ3n) is 1.96. The van der Waals surface area contributed by atoms with E-state index in [9.17, 15) is 9.18 Å². The predicted molar refractivity (Wildman–Crippen MR) is 53.0 cm³/mol. The zero-order valence-corrected chi connectivity index (χ0v) is 8.44. The molecule has 5 heteroatoms. The third kappa shape index (κ3) is 3.38. The van der Waals surface area contributed by atoms with Crippen LogP contribution in [0.25, 0.3) is 0 Å². The second-order valence-corrected chi connectivity index (χ2v) is 3.14. The largest absolute Gasteiger partial charge is 0.385 e. The summed E-state index contributed by atoms with van der Waals surface area (Å²) in [5.41, 5.74) is 5.80. The van der Waals surface area contributed by atoms with Gasteiger partial charge in [-0.3, -0.25) is 9.78 Å². The second kappa shape index (κ2) is 5.53. The Morgan fingerprint density at radius 2 is 2.40 bits per heavy atom. The lowest BCUT2D eigenvalue weighted by atomic mass is 10.0. The molecule has 0 aliphatic heterocycles. The number of Topliss-reactive ketones (excluding diaryl/α,β-unsaturated/α-hetero) is 1. The Balaban J connectivity index is 2.67. The minimum Gasteiger partial charge on any atom is -0.385 e. The number of carbonyl (C=O) groups is 1. The lowest BCUT2D eigenvalue weighted by Crippen LogP contribution is -2.31. The molecule has 0 amide bonds. The first-order chi connectivity index (χ1) is 7.15. The van der Waals surface area contributed by atoms with Crippen LogP contribution in [0.3, 0.4) is 0 Å². The number of halogens is 1. The van der Waals surface area contributed by atoms with E-state index in [0.29, 0.717) is 13.0 Å². The Hall–Kier alpha value is -1.33. The van der Waals surface area contributed by atoms with Crippen LogP contribution in [0.15, 0.2) is 18.5 Å². The van der Waals surface area contributed by atoms with Crippen LogP contribution in [-0.2, 0) is 4.74 Å². The summed E-state index contributed by atoms with van der Waals surface area (Å²) < 4.78 is 17.6. The van der Waals surface area contributed by atoms with Crippen LogP contribution in [0.5, 0.6) is 0 Å². The topological polar surface area (TPSA) is 65.2 Å². The number of nitrogens with two attached hydrogens (primary N) is 1. The van der Waals surface area contributed by atoms with E-state index in [-0.39, 0.29) is 11.3 Å². The number of nitrogens with zero attached hydrogens (tertiary/aromatic N) is 1. The van der Waals surface area contributed by atoms with E-state index in [1.807, 2.05) is 0 Å². The Kier molecular flexibility index (Phi) is 4.33. The summed E-state index contributed by atoms with van der Waals surface area (Å²) in [6.45, 7) is 0.398. The molecule has 0 saturated carbocycles. The number of aromatic nitrogens is 1. The van der Waals surface area contributed by atoms with Crippen molar-refractivity contribution in [1.82, 2.24) is 4.98 Å². The van der Waals surface area contributed by atoms with Crippen molar-refractivity contribution in [2.24, 2.45) is 5.73 Å². The molecular formula is C10H13FN2O2. The van der Waals surface area contributed by atoms with Crippen molar-refractivity contribution in [2.45, 2.75) is 12.5 Å². The van der Waals surface area contributed by atoms with Gasteiger partial charge < -0.3 is 10.5 Å². The number of carbonyl (C=O) groups excluding carboxylic acids is 1. The summed E-state index contributed by atoms with van der Waals surface area (Å²) in [4.78, 5) is 15.2. The standard InChI is InChI=1S/C10H13FN2O2/c1-15-3-2-9(12)10(14)7-4-8(11)6-13-5-7/h4-6,9H,2-3,12H2,1H3. The van der Waals surface area contributed by atoms with Gasteiger partial charge in [0.1, 0.15) is 5.82 Å². The molecule has 0 bridgehead atoms. The molecule has 1 unspecified atom stereocenters. The normalized spacial score (nSPS) is 12.5. The van der Waals surface area contributed by atoms with Gasteiger partial charge >= 0.3 is 0 Å². The molecule has 1 heterocycles. The van der Waals surface area contributed by atoms with Gasteiger partial charge in [0, 0.05) is 25.5 Å². The maximum Gasteiger partial charge on any atom is 0.181 e. The van der Waals surface area contributed by atoms with E-state index in [2.05, 4.69) is 4.98 Å². The predicted octanol–water partition coefficient (Wildman–Crippen LogP) is 0.767. The summed E-state index contributed by atoms with van der Waals surface area (Å²) in [7, 11) is 1.53. The first-order valence-electron chi connectivity index (χ1n) is 4.54. The van der Waals surface area contributed by atoms with E-state index in [1.54, 1.807) is 0 Å². The van der Waals surface area contributed by atoms with Gasteiger partial charge in [-0.05, 0) is 12.5 Å². The molecule has 15 heavy (non-hydrogen) atoms. The van der Waals surface area contributed by atoms with E-state index < -0.39 is 11.9 Å². The monoisotopic (exact) mass is 212 g/mol. The average Bonchev–Trinajstić information content (AvgIpc) is 2.24. The van der Waals surface area contributed by atoms with Gasteiger partial charge in [-0.25, -0.2) is 4.39 Å². The second-order valence-electron chi connectivity index (χ2n) is 3.14. The first-order valence-corrected chi connectivity index (χ1v) is 4.54. The Labute approximate surface area is 87.3 Å². The van der Waals surface area contributed by atoms with Gasteiger partial charge in [0.05, 0.1) is 12.2 Å². The van der Waals surface area contributed by atoms with Crippen LogP contribution in [0.2, 0.25) is 0 Å². The Morgan fingerprint density at radius 1 is 1.67 bits per heavy atom. The van der Waals surface area contributed by atoms with Gasteiger partial charge in [-0.2, -0.15) is 0 Å². The maximum atomic E-state index is 12.8. The third-order valence-corrected chi connectivity index (χ3v) is 1.96. The van der Waals surface area contributed by atoms with Crippen molar-refractivity contribution in [1.29, 1.82) is 0 Å². The highest BCUT2D eigenvalue weighted by Gasteiger charge is 2.16. The fourth-order valence-electron chi connectivity index (χ4n) is 1.14. The van der Waals surface area contributed by atoms with Crippen molar-refractivity contribution in [3.63, 3.8) is 0 Å². The molecule has 1 aromatic heterocycles. The van der Waals surface area contributed by atoms with E-state index >= 15 is 0 Å². The lowest BCUT2D eigenvalue weighted by Gasteiger charge is -2.09. The average molecular weight is 212 g/mol. The molecular weight excluding hydrogens is 199 g/mol. The molecule has 0 aromatic carbocycles. The fourth-order valence-corrected chi connectivity index (χ4v) is 1.14. The van der Waals surface area contributed by atoms with E-state index in [4.69, 9.17) is 10.5 Å². The van der Waals surface area contributed by atoms with Crippen molar-refractivity contribution in [2.75, 3.05) is 13.7 Å². The highest BCUT2D eigenvalue weighted by molar-refractivity contribution is 5.99. The molecule has 2 N–H and O–H groups in total. The van der Waals surface area contributed by atoms with Gasteiger partial charge in [-0.1, -0.05) is 0 Å². The van der Waals surface area contributed by atoms with E-state index in [1.165, 1.54) is 13.3 Å². The summed E-state index contributed by atoms with van der Waals surface area (Å²) in [6, 6.07) is 0.454. The number of pyridine rings is 1. The minimum absolute atomic E-state index is 0.193. The number of ether oxygens (including phenoxy) is 1. The van der Waals surface area contributed by atoms with Crippen molar-refractivity contribution >= 4 is 5.78 Å². The van der Waals surface area contributed by atoms with Gasteiger partial charge in [0.2, 0.25) is 0 Å². The summed E-state index contributed by atoms with van der Waals surface area (Å²) in [5.74, 6) is -0.862. The van der Waals surface area contributed by atoms with Crippen LogP contribution in [0, 0.1) is 5.82 Å². The summed E-state index contributed by atoms with van der Waals surface area (Å²) >= 11 is 0. The van der Waals surface area contributed by atoms with Gasteiger partial charge in [0.15, 0.2) is 5.78 Å². The number of ketones is 1. The zero-order chi connectivity index (χ0) is 11.3. The van der Waals surface area contributed by atoms with Crippen LogP contribution in [0.1, 0.15) is 16.8 Å². The highest BCUT2D eigenvalue weighted by Crippen LogP contribution is 2.05. The van der Waals surface area contributed by atoms with Crippen LogP contribution < -0.4 is 5.73 Å². The molecule has 0 saturated heterocycles. The van der Waals surface area contributed by atoms with Gasteiger partial charge in [0.25, 0.3) is 0 Å². The van der Waals surface area contributed by atoms with Crippen molar-refractivity contribution in [3.05, 3.63) is 29.8 Å². The fraction of sp³-hybridized carbons (Fsp3) is 0.400. The summed E-state index contributed by atoms with van der Waals surface area (Å²) in [5, 5.41) is 0. The smallest absolute Gasteiger partial charge is 0.181 e. The Bertz CT molecular complexity index is 344. The molecule has 1 rings (SSSR count). The molecule has 1 atom stereocenters. The molecule has 0 fully saturated rings. The first kappa shape index (κ1) is 11.7. The highest BCUT2D eigenvalue weighted by atomic mass is 19.1. The number of hydrogen-bond acceptors (Lipinski definition) is 4. The van der Waals surface area contributed by atoms with Gasteiger partial charge in [-0.15, -0.1) is 0 Å². The number of hydrogen-bond donors (Lipinski definition) is 1. The maximum absolute atomic E-state index is 12.8. The van der Waals surface area contributed by atoms with E-state index in [0.717, 1.165) is 12.3 Å². The SMILES string of the molecule is COCCC(N)C(=O)c1cncc(F)c1. The molecule has 82 valence electrons. The van der Waals surface area contributed by atoms with Crippen LogP contribution >= 0.6 is 0 Å². The number of rotatable bonds is 5. The Morgan fingerprint density at radius 3 is 3.00 bits per heavy atom. The molecule has 0 radical (unpaired) electrons. The van der Waals surface area contributed by atoms with Crippen molar-refractivity contribution < 1.29 is 13.9 Å². The zero-order valence-electron chi connectivity index (χ0n) is 8.44. The molecule has 0 aliphatic rings. The molecule has 0 aliphatic carbocycles. The minimum atomic E-state index is -0.673. The van der Waals surface area contributed by atoms with Crippen LogP contribution in [-0.4, -0.2) is 30.5 Å². The lowest BCUT2D eigenvalue weighted by molar-refractivity contribution is 0.0934.